The Balaban J connectivity index is 1.59. The average Bonchev–Trinajstić information content (AvgIpc) is 3.07. The summed E-state index contributed by atoms with van der Waals surface area (Å²) in [6.07, 6.45) is 4.85. The molecule has 0 radical (unpaired) electrons. The minimum Gasteiger partial charge on any atom is -0.383 e. The normalized spacial score (nSPS) is 23.8. The van der Waals surface area contributed by atoms with Crippen LogP contribution in [0.5, 0.6) is 0 Å². The first-order valence-electron chi connectivity index (χ1n) is 9.10. The summed E-state index contributed by atoms with van der Waals surface area (Å²) in [5.41, 5.74) is -0.245. The van der Waals surface area contributed by atoms with Crippen LogP contribution in [0.1, 0.15) is 19.3 Å². The van der Waals surface area contributed by atoms with Gasteiger partial charge in [-0.25, -0.2) is 4.98 Å². The molecule has 5 nitrogen and oxygen atoms in total. The van der Waals surface area contributed by atoms with E-state index in [0.717, 1.165) is 44.7 Å². The highest BCUT2D eigenvalue weighted by atomic mass is 16.5. The molecule has 1 aromatic carbocycles. The highest BCUT2D eigenvalue weighted by Crippen LogP contribution is 2.42. The number of aromatic nitrogens is 1. The summed E-state index contributed by atoms with van der Waals surface area (Å²) in [6.45, 7) is 3.83. The van der Waals surface area contributed by atoms with Crippen LogP contribution in [0.25, 0.3) is 10.8 Å². The SMILES string of the molecule is COCCN1CCC[C@]2(CCN(c3nccc4ccccc34)C2)C1=O. The van der Waals surface area contributed by atoms with Crippen molar-refractivity contribution in [3.05, 3.63) is 36.5 Å². The summed E-state index contributed by atoms with van der Waals surface area (Å²) in [5.74, 6) is 1.32. The number of amides is 1. The quantitative estimate of drug-likeness (QED) is 0.859. The van der Waals surface area contributed by atoms with Gasteiger partial charge in [0.05, 0.1) is 12.0 Å². The van der Waals surface area contributed by atoms with Gasteiger partial charge in [-0.15, -0.1) is 0 Å². The number of methoxy groups -OCH3 is 1. The molecule has 1 amide bonds. The maximum Gasteiger partial charge on any atom is 0.230 e. The molecule has 0 unspecified atom stereocenters. The van der Waals surface area contributed by atoms with E-state index in [2.05, 4.69) is 34.1 Å². The molecule has 0 saturated carbocycles. The van der Waals surface area contributed by atoms with E-state index in [0.29, 0.717) is 19.1 Å². The zero-order chi connectivity index (χ0) is 17.3. The molecule has 2 fully saturated rings. The number of fused-ring (bicyclic) bond motifs is 1. The topological polar surface area (TPSA) is 45.7 Å². The molecule has 1 spiro atoms. The molecule has 132 valence electrons. The first-order chi connectivity index (χ1) is 12.2. The molecule has 1 atom stereocenters. The number of piperidine rings is 1. The molecule has 0 aliphatic carbocycles. The van der Waals surface area contributed by atoms with Crippen LogP contribution >= 0.6 is 0 Å². The lowest BCUT2D eigenvalue weighted by Gasteiger charge is -2.39. The Bertz CT molecular complexity index is 773. The third kappa shape index (κ3) is 2.86. The molecule has 2 aliphatic rings. The summed E-state index contributed by atoms with van der Waals surface area (Å²) in [5, 5.41) is 2.37. The smallest absolute Gasteiger partial charge is 0.230 e. The summed E-state index contributed by atoms with van der Waals surface area (Å²) in [4.78, 5) is 22.1. The number of carbonyl (C=O) groups is 1. The van der Waals surface area contributed by atoms with Crippen LogP contribution in [0.15, 0.2) is 36.5 Å². The first-order valence-corrected chi connectivity index (χ1v) is 9.10. The number of anilines is 1. The number of benzene rings is 1. The number of carbonyl (C=O) groups excluding carboxylic acids is 1. The highest BCUT2D eigenvalue weighted by molar-refractivity contribution is 5.93. The van der Waals surface area contributed by atoms with Gasteiger partial charge < -0.3 is 14.5 Å². The van der Waals surface area contributed by atoms with Gasteiger partial charge >= 0.3 is 0 Å². The predicted molar refractivity (Wildman–Crippen MR) is 98.7 cm³/mol. The first kappa shape index (κ1) is 16.3. The van der Waals surface area contributed by atoms with E-state index in [1.165, 1.54) is 10.8 Å². The van der Waals surface area contributed by atoms with Crippen molar-refractivity contribution in [3.63, 3.8) is 0 Å². The molecule has 3 heterocycles. The molecule has 25 heavy (non-hydrogen) atoms. The van der Waals surface area contributed by atoms with Crippen molar-refractivity contribution in [2.24, 2.45) is 5.41 Å². The molecule has 4 rings (SSSR count). The van der Waals surface area contributed by atoms with E-state index in [9.17, 15) is 4.79 Å². The number of likely N-dealkylation sites (tertiary alicyclic amines) is 1. The Hall–Kier alpha value is -2.14. The second-order valence-corrected chi connectivity index (χ2v) is 7.20. The van der Waals surface area contributed by atoms with E-state index in [1.54, 1.807) is 7.11 Å². The molecule has 0 bridgehead atoms. The van der Waals surface area contributed by atoms with Gasteiger partial charge in [0.15, 0.2) is 0 Å². The van der Waals surface area contributed by atoms with Crippen molar-refractivity contribution in [1.29, 1.82) is 0 Å². The minimum atomic E-state index is -0.245. The van der Waals surface area contributed by atoms with Gasteiger partial charge in [0.25, 0.3) is 0 Å². The molecule has 0 N–H and O–H groups in total. The van der Waals surface area contributed by atoms with Gasteiger partial charge in [-0.3, -0.25) is 4.79 Å². The van der Waals surface area contributed by atoms with Gasteiger partial charge in [-0.2, -0.15) is 0 Å². The lowest BCUT2D eigenvalue weighted by atomic mass is 9.78. The van der Waals surface area contributed by atoms with Crippen molar-refractivity contribution >= 4 is 22.5 Å². The van der Waals surface area contributed by atoms with Crippen molar-refractivity contribution in [2.45, 2.75) is 19.3 Å². The van der Waals surface area contributed by atoms with Gasteiger partial charge in [0.1, 0.15) is 5.82 Å². The molecule has 1 aromatic heterocycles. The maximum atomic E-state index is 13.1. The Morgan fingerprint density at radius 1 is 1.20 bits per heavy atom. The summed E-state index contributed by atoms with van der Waals surface area (Å²) >= 11 is 0. The van der Waals surface area contributed by atoms with Gasteiger partial charge in [0.2, 0.25) is 5.91 Å². The number of nitrogens with zero attached hydrogens (tertiary/aromatic N) is 3. The second-order valence-electron chi connectivity index (χ2n) is 7.20. The van der Waals surface area contributed by atoms with E-state index < -0.39 is 0 Å². The molecule has 2 aromatic rings. The Labute approximate surface area is 148 Å². The van der Waals surface area contributed by atoms with Crippen molar-refractivity contribution in [3.8, 4) is 0 Å². The van der Waals surface area contributed by atoms with Gasteiger partial charge in [0, 0.05) is 44.9 Å². The lowest BCUT2D eigenvalue weighted by Crippen LogP contribution is -2.51. The van der Waals surface area contributed by atoms with Crippen LogP contribution in [0.3, 0.4) is 0 Å². The lowest BCUT2D eigenvalue weighted by molar-refractivity contribution is -0.145. The molecule has 2 aliphatic heterocycles. The van der Waals surface area contributed by atoms with Crippen LogP contribution in [0, 0.1) is 5.41 Å². The zero-order valence-corrected chi connectivity index (χ0v) is 14.8. The largest absolute Gasteiger partial charge is 0.383 e. The molecule has 2 saturated heterocycles. The number of hydrogen-bond donors (Lipinski definition) is 0. The fourth-order valence-corrected chi connectivity index (χ4v) is 4.35. The minimum absolute atomic E-state index is 0.245. The predicted octanol–water partition coefficient (Wildman–Crippen LogP) is 2.70. The van der Waals surface area contributed by atoms with Crippen molar-refractivity contribution < 1.29 is 9.53 Å². The summed E-state index contributed by atoms with van der Waals surface area (Å²) in [6, 6.07) is 10.4. The molecular formula is C20H25N3O2. The fourth-order valence-electron chi connectivity index (χ4n) is 4.35. The molecule has 5 heteroatoms. The summed E-state index contributed by atoms with van der Waals surface area (Å²) in [7, 11) is 1.69. The molecular weight excluding hydrogens is 314 g/mol. The van der Waals surface area contributed by atoms with Crippen LogP contribution in [-0.2, 0) is 9.53 Å². The summed E-state index contributed by atoms with van der Waals surface area (Å²) < 4.78 is 5.17. The third-order valence-electron chi connectivity index (χ3n) is 5.70. The standard InChI is InChI=1S/C20H25N3O2/c1-25-14-13-22-11-4-8-20(19(22)24)9-12-23(15-20)18-17-6-3-2-5-16(17)7-10-21-18/h2-3,5-7,10H,4,8-9,11-15H2,1H3/t20-/m1/s1. The third-order valence-corrected chi connectivity index (χ3v) is 5.70. The number of ether oxygens (including phenoxy) is 1. The van der Waals surface area contributed by atoms with E-state index in [4.69, 9.17) is 4.74 Å². The van der Waals surface area contributed by atoms with Gasteiger partial charge in [-0.1, -0.05) is 24.3 Å². The fraction of sp³-hybridized carbons (Fsp3) is 0.500. The average molecular weight is 339 g/mol. The maximum absolute atomic E-state index is 13.1. The van der Waals surface area contributed by atoms with E-state index >= 15 is 0 Å². The van der Waals surface area contributed by atoms with Gasteiger partial charge in [-0.05, 0) is 30.7 Å². The van der Waals surface area contributed by atoms with Crippen molar-refractivity contribution in [2.75, 3.05) is 44.8 Å². The monoisotopic (exact) mass is 339 g/mol. The van der Waals surface area contributed by atoms with Crippen LogP contribution in [-0.4, -0.2) is 55.7 Å². The number of hydrogen-bond acceptors (Lipinski definition) is 4. The van der Waals surface area contributed by atoms with E-state index in [1.807, 2.05) is 17.2 Å². The Kier molecular flexibility index (Phi) is 4.34. The van der Waals surface area contributed by atoms with Crippen LogP contribution < -0.4 is 4.90 Å². The van der Waals surface area contributed by atoms with Crippen LogP contribution in [0.4, 0.5) is 5.82 Å². The Morgan fingerprint density at radius 3 is 2.96 bits per heavy atom. The Morgan fingerprint density at radius 2 is 2.08 bits per heavy atom. The number of rotatable bonds is 4. The highest BCUT2D eigenvalue weighted by Gasteiger charge is 2.48. The van der Waals surface area contributed by atoms with E-state index in [-0.39, 0.29) is 5.41 Å². The van der Waals surface area contributed by atoms with Crippen LogP contribution in [0.2, 0.25) is 0 Å². The van der Waals surface area contributed by atoms with Crippen molar-refractivity contribution in [1.82, 2.24) is 9.88 Å². The zero-order valence-electron chi connectivity index (χ0n) is 14.8. The second kappa shape index (κ2) is 6.64. The number of pyridine rings is 1.